The first-order valence-corrected chi connectivity index (χ1v) is 11.3. The quantitative estimate of drug-likeness (QED) is 0.463. The summed E-state index contributed by atoms with van der Waals surface area (Å²) in [6.45, 7) is 11.2. The predicted molar refractivity (Wildman–Crippen MR) is 116 cm³/mol. The number of ether oxygens (including phenoxy) is 3. The first-order chi connectivity index (χ1) is 14.5. The van der Waals surface area contributed by atoms with Gasteiger partial charge in [0.1, 0.15) is 0 Å². The number of carbonyl (C=O) groups is 1. The fourth-order valence-electron chi connectivity index (χ4n) is 2.85. The molecule has 0 bridgehead atoms. The molecule has 30 heavy (non-hydrogen) atoms. The Hall–Kier alpha value is -2.42. The lowest BCUT2D eigenvalue weighted by Crippen LogP contribution is -2.33. The highest BCUT2D eigenvalue weighted by Crippen LogP contribution is 2.42. The third kappa shape index (κ3) is 6.83. The van der Waals surface area contributed by atoms with Gasteiger partial charge in [0.15, 0.2) is 11.5 Å². The zero-order valence-corrected chi connectivity index (χ0v) is 19.1. The van der Waals surface area contributed by atoms with Crippen LogP contribution in [0, 0.1) is 0 Å². The Balaban J connectivity index is 2.16. The molecule has 166 valence electrons. The van der Waals surface area contributed by atoms with Crippen molar-refractivity contribution in [2.24, 2.45) is 0 Å². The van der Waals surface area contributed by atoms with Crippen LogP contribution in [0.15, 0.2) is 21.8 Å². The Morgan fingerprint density at radius 2 is 1.70 bits per heavy atom. The highest BCUT2D eigenvalue weighted by atomic mass is 32.2. The third-order valence-electron chi connectivity index (χ3n) is 4.02. The average molecular weight is 438 g/mol. The molecule has 0 aliphatic carbocycles. The number of rotatable bonds is 13. The van der Waals surface area contributed by atoms with Crippen LogP contribution in [0.2, 0.25) is 0 Å². The highest BCUT2D eigenvalue weighted by Gasteiger charge is 2.19. The molecule has 0 saturated heterocycles. The van der Waals surface area contributed by atoms with Crippen molar-refractivity contribution >= 4 is 17.7 Å². The molecule has 0 spiro atoms. The Kier molecular flexibility index (Phi) is 9.79. The maximum atomic E-state index is 12.0. The molecular formula is C21H31N3O5S. The molecule has 8 nitrogen and oxygen atoms in total. The maximum absolute atomic E-state index is 12.0. The van der Waals surface area contributed by atoms with Gasteiger partial charge in [0.05, 0.1) is 25.6 Å². The molecule has 2 rings (SSSR count). The molecule has 9 heteroatoms. The Labute approximate surface area is 182 Å². The number of amides is 1. The number of thioether (sulfide) groups is 1. The van der Waals surface area contributed by atoms with Crippen LogP contribution in [0.25, 0.3) is 11.5 Å². The molecule has 0 aliphatic heterocycles. The fraction of sp³-hybridized carbons (Fsp3) is 0.571. The van der Waals surface area contributed by atoms with Crippen molar-refractivity contribution in [1.82, 2.24) is 15.5 Å². The van der Waals surface area contributed by atoms with E-state index in [1.165, 1.54) is 11.8 Å². The Morgan fingerprint density at radius 1 is 1.07 bits per heavy atom. The van der Waals surface area contributed by atoms with Gasteiger partial charge in [-0.2, -0.15) is 0 Å². The largest absolute Gasteiger partial charge is 0.490 e. The fourth-order valence-corrected chi connectivity index (χ4v) is 3.42. The second-order valence-corrected chi connectivity index (χ2v) is 7.45. The smallest absolute Gasteiger partial charge is 0.277 e. The molecule has 0 saturated carbocycles. The molecular weight excluding hydrogens is 406 g/mol. The molecule has 1 atom stereocenters. The van der Waals surface area contributed by atoms with Crippen molar-refractivity contribution < 1.29 is 23.4 Å². The van der Waals surface area contributed by atoms with Crippen LogP contribution in [-0.4, -0.2) is 47.7 Å². The van der Waals surface area contributed by atoms with E-state index in [9.17, 15) is 4.79 Å². The van der Waals surface area contributed by atoms with Crippen LogP contribution in [0.1, 0.15) is 47.5 Å². The summed E-state index contributed by atoms with van der Waals surface area (Å²) in [5, 5.41) is 11.4. The minimum atomic E-state index is -0.0565. The van der Waals surface area contributed by atoms with Gasteiger partial charge in [0.2, 0.25) is 17.5 Å². The lowest BCUT2D eigenvalue weighted by atomic mass is 10.2. The third-order valence-corrected chi connectivity index (χ3v) is 4.84. The van der Waals surface area contributed by atoms with E-state index in [0.717, 1.165) is 12.8 Å². The number of nitrogens with zero attached hydrogens (tertiary/aromatic N) is 2. The molecule has 2 aromatic rings. The molecule has 1 unspecified atom stereocenters. The second-order valence-electron chi connectivity index (χ2n) is 6.52. The lowest BCUT2D eigenvalue weighted by Gasteiger charge is -2.16. The minimum absolute atomic E-state index is 0.0565. The molecule has 1 amide bonds. The number of aromatic nitrogens is 2. The number of carbonyl (C=O) groups excluding carboxylic acids is 1. The van der Waals surface area contributed by atoms with Crippen molar-refractivity contribution in [2.45, 2.75) is 58.7 Å². The zero-order valence-electron chi connectivity index (χ0n) is 18.3. The van der Waals surface area contributed by atoms with Gasteiger partial charge >= 0.3 is 0 Å². The van der Waals surface area contributed by atoms with Crippen molar-refractivity contribution in [3.8, 4) is 28.7 Å². The summed E-state index contributed by atoms with van der Waals surface area (Å²) in [7, 11) is 0. The van der Waals surface area contributed by atoms with Crippen molar-refractivity contribution in [1.29, 1.82) is 0 Å². The molecule has 1 aromatic heterocycles. The molecule has 1 aromatic carbocycles. The SMILES string of the molecule is CCCC(C)NC(=O)CSc1nnc(-c2cc(OCC)c(OCC)c(OCC)c2)o1. The van der Waals surface area contributed by atoms with E-state index in [1.807, 2.05) is 27.7 Å². The summed E-state index contributed by atoms with van der Waals surface area (Å²) in [5.41, 5.74) is 0.658. The topological polar surface area (TPSA) is 95.7 Å². The van der Waals surface area contributed by atoms with Gasteiger partial charge in [-0.25, -0.2) is 0 Å². The summed E-state index contributed by atoms with van der Waals surface area (Å²) in [4.78, 5) is 12.0. The van der Waals surface area contributed by atoms with E-state index >= 15 is 0 Å². The maximum Gasteiger partial charge on any atom is 0.277 e. The predicted octanol–water partition coefficient (Wildman–Crippen LogP) is 4.33. The van der Waals surface area contributed by atoms with Crippen LogP contribution < -0.4 is 19.5 Å². The van der Waals surface area contributed by atoms with Gasteiger partial charge in [-0.15, -0.1) is 10.2 Å². The molecule has 1 N–H and O–H groups in total. The van der Waals surface area contributed by atoms with Crippen molar-refractivity contribution in [3.05, 3.63) is 12.1 Å². The van der Waals surface area contributed by atoms with Crippen LogP contribution in [0.3, 0.4) is 0 Å². The minimum Gasteiger partial charge on any atom is -0.490 e. The summed E-state index contributed by atoms with van der Waals surface area (Å²) >= 11 is 1.20. The lowest BCUT2D eigenvalue weighted by molar-refractivity contribution is -0.119. The summed E-state index contributed by atoms with van der Waals surface area (Å²) in [6.07, 6.45) is 1.97. The second kappa shape index (κ2) is 12.3. The molecule has 1 heterocycles. The number of benzene rings is 1. The van der Waals surface area contributed by atoms with E-state index in [-0.39, 0.29) is 17.7 Å². The summed E-state index contributed by atoms with van der Waals surface area (Å²) in [6, 6.07) is 3.73. The van der Waals surface area contributed by atoms with Gasteiger partial charge in [0, 0.05) is 11.6 Å². The van der Waals surface area contributed by atoms with E-state index in [0.29, 0.717) is 53.7 Å². The number of hydrogen-bond donors (Lipinski definition) is 1. The normalized spacial score (nSPS) is 11.8. The van der Waals surface area contributed by atoms with Gasteiger partial charge in [-0.3, -0.25) is 4.79 Å². The number of nitrogens with one attached hydrogen (secondary N) is 1. The molecule has 0 fully saturated rings. The standard InChI is InChI=1S/C21H31N3O5S/c1-6-10-14(5)22-18(25)13-30-21-24-23-20(29-21)15-11-16(26-7-2)19(28-9-4)17(12-15)27-8-3/h11-12,14H,6-10,13H2,1-5H3,(H,22,25). The van der Waals surface area contributed by atoms with Crippen LogP contribution >= 0.6 is 11.8 Å². The average Bonchev–Trinajstić information content (AvgIpc) is 3.18. The molecule has 0 aliphatic rings. The summed E-state index contributed by atoms with van der Waals surface area (Å²) < 4.78 is 22.9. The highest BCUT2D eigenvalue weighted by molar-refractivity contribution is 7.99. The van der Waals surface area contributed by atoms with Crippen LogP contribution in [0.4, 0.5) is 0 Å². The van der Waals surface area contributed by atoms with Crippen molar-refractivity contribution in [2.75, 3.05) is 25.6 Å². The number of hydrogen-bond acceptors (Lipinski definition) is 8. The Bertz CT molecular complexity index is 785. The van der Waals surface area contributed by atoms with E-state index in [1.54, 1.807) is 12.1 Å². The van der Waals surface area contributed by atoms with Gasteiger partial charge < -0.3 is 23.9 Å². The van der Waals surface area contributed by atoms with Crippen molar-refractivity contribution in [3.63, 3.8) is 0 Å². The summed E-state index contributed by atoms with van der Waals surface area (Å²) in [5.74, 6) is 2.14. The first-order valence-electron chi connectivity index (χ1n) is 10.3. The van der Waals surface area contributed by atoms with Crippen LogP contribution in [-0.2, 0) is 4.79 Å². The van der Waals surface area contributed by atoms with E-state index < -0.39 is 0 Å². The van der Waals surface area contributed by atoms with Gasteiger partial charge in [0.25, 0.3) is 5.22 Å². The van der Waals surface area contributed by atoms with Gasteiger partial charge in [-0.1, -0.05) is 25.1 Å². The molecule has 0 radical (unpaired) electrons. The first kappa shape index (κ1) is 23.9. The zero-order chi connectivity index (χ0) is 21.9. The van der Waals surface area contributed by atoms with E-state index in [4.69, 9.17) is 18.6 Å². The monoisotopic (exact) mass is 437 g/mol. The van der Waals surface area contributed by atoms with Gasteiger partial charge in [-0.05, 0) is 46.2 Å². The van der Waals surface area contributed by atoms with E-state index in [2.05, 4.69) is 22.4 Å². The Morgan fingerprint density at radius 3 is 2.27 bits per heavy atom. The van der Waals surface area contributed by atoms with Crippen LogP contribution in [0.5, 0.6) is 17.2 Å².